The molecule has 0 aromatic carbocycles. The lowest BCUT2D eigenvalue weighted by Crippen LogP contribution is -2.49. The first kappa shape index (κ1) is 14.9. The molecule has 2 atom stereocenters. The normalized spacial score (nSPS) is 16.4. The lowest BCUT2D eigenvalue weighted by molar-refractivity contribution is 0.242. The number of rotatable bonds is 8. The number of unbranched alkanes of at least 4 members (excludes halogenated alkanes) is 3. The molecule has 0 aliphatic carbocycles. The first-order valence-corrected chi connectivity index (χ1v) is 6.47. The van der Waals surface area contributed by atoms with E-state index in [1.54, 1.807) is 0 Å². The third-order valence-electron chi connectivity index (χ3n) is 3.31. The van der Waals surface area contributed by atoms with Crippen molar-refractivity contribution >= 4 is 0 Å². The number of hydrogen-bond donors (Lipinski definition) is 2. The Morgan fingerprint density at radius 2 is 1.67 bits per heavy atom. The van der Waals surface area contributed by atoms with Gasteiger partial charge in [0.25, 0.3) is 0 Å². The Hall–Kier alpha value is -0.0800. The van der Waals surface area contributed by atoms with Gasteiger partial charge in [0.05, 0.1) is 0 Å². The number of nitrogens with two attached hydrogens (primary N) is 2. The van der Waals surface area contributed by atoms with Gasteiger partial charge in [-0.05, 0) is 32.6 Å². The lowest BCUT2D eigenvalue weighted by Gasteiger charge is -2.35. The van der Waals surface area contributed by atoms with Crippen LogP contribution in [0.1, 0.15) is 66.2 Å². The van der Waals surface area contributed by atoms with Crippen molar-refractivity contribution in [3.05, 3.63) is 0 Å². The third-order valence-corrected chi connectivity index (χ3v) is 3.31. The molecule has 15 heavy (non-hydrogen) atoms. The zero-order valence-corrected chi connectivity index (χ0v) is 11.1. The van der Waals surface area contributed by atoms with E-state index in [0.29, 0.717) is 5.92 Å². The molecule has 2 unspecified atom stereocenters. The van der Waals surface area contributed by atoms with Crippen molar-refractivity contribution in [3.63, 3.8) is 0 Å². The summed E-state index contributed by atoms with van der Waals surface area (Å²) in [7, 11) is 0. The molecule has 4 N–H and O–H groups in total. The van der Waals surface area contributed by atoms with Gasteiger partial charge in [-0.25, -0.2) is 0 Å². The summed E-state index contributed by atoms with van der Waals surface area (Å²) >= 11 is 0. The summed E-state index contributed by atoms with van der Waals surface area (Å²) in [5.74, 6) is 0.458. The molecule has 0 saturated heterocycles. The average Bonchev–Trinajstić information content (AvgIpc) is 2.15. The molecule has 0 heterocycles. The molecule has 0 aliphatic heterocycles. The number of hydrogen-bond acceptors (Lipinski definition) is 2. The van der Waals surface area contributed by atoms with Gasteiger partial charge in [-0.1, -0.05) is 39.5 Å². The van der Waals surface area contributed by atoms with Crippen molar-refractivity contribution in [2.75, 3.05) is 0 Å². The SMILES string of the molecule is CCCCCCC(C(N)CC)C(C)(C)N. The van der Waals surface area contributed by atoms with Gasteiger partial charge in [-0.3, -0.25) is 0 Å². The molecule has 0 amide bonds. The fourth-order valence-corrected chi connectivity index (χ4v) is 2.21. The van der Waals surface area contributed by atoms with Crippen LogP contribution in [0.4, 0.5) is 0 Å². The van der Waals surface area contributed by atoms with E-state index >= 15 is 0 Å². The second-order valence-electron chi connectivity index (χ2n) is 5.35. The minimum atomic E-state index is -0.137. The minimum Gasteiger partial charge on any atom is -0.327 e. The molecule has 0 spiro atoms. The molecule has 2 nitrogen and oxygen atoms in total. The maximum absolute atomic E-state index is 6.19. The summed E-state index contributed by atoms with van der Waals surface area (Å²) in [6, 6.07) is 0.256. The summed E-state index contributed by atoms with van der Waals surface area (Å²) in [4.78, 5) is 0. The van der Waals surface area contributed by atoms with Crippen molar-refractivity contribution in [1.82, 2.24) is 0 Å². The topological polar surface area (TPSA) is 52.0 Å². The predicted octanol–water partition coefficient (Wildman–Crippen LogP) is 3.05. The average molecular weight is 214 g/mol. The Labute approximate surface area is 95.8 Å². The second kappa shape index (κ2) is 7.24. The van der Waals surface area contributed by atoms with Crippen molar-refractivity contribution in [3.8, 4) is 0 Å². The fraction of sp³-hybridized carbons (Fsp3) is 1.00. The van der Waals surface area contributed by atoms with Crippen molar-refractivity contribution in [2.45, 2.75) is 77.8 Å². The zero-order chi connectivity index (χ0) is 11.9. The van der Waals surface area contributed by atoms with Gasteiger partial charge in [-0.15, -0.1) is 0 Å². The molecule has 0 aromatic rings. The van der Waals surface area contributed by atoms with Crippen LogP contribution in [0, 0.1) is 5.92 Å². The highest BCUT2D eigenvalue weighted by Crippen LogP contribution is 2.24. The van der Waals surface area contributed by atoms with Gasteiger partial charge in [0, 0.05) is 11.6 Å². The highest BCUT2D eigenvalue weighted by molar-refractivity contribution is 4.88. The molecule has 0 bridgehead atoms. The molecule has 0 aromatic heterocycles. The summed E-state index contributed by atoms with van der Waals surface area (Å²) in [5.41, 5.74) is 12.2. The van der Waals surface area contributed by atoms with E-state index in [1.807, 2.05) is 0 Å². The highest BCUT2D eigenvalue weighted by Gasteiger charge is 2.28. The van der Waals surface area contributed by atoms with Crippen LogP contribution in [0.3, 0.4) is 0 Å². The molecule has 0 aliphatic rings. The standard InChI is InChI=1S/C13H30N2/c1-5-7-8-9-10-11(12(14)6-2)13(3,4)15/h11-12H,5-10,14-15H2,1-4H3. The molecule has 0 radical (unpaired) electrons. The summed E-state index contributed by atoms with van der Waals surface area (Å²) < 4.78 is 0. The quantitative estimate of drug-likeness (QED) is 0.610. The molecule has 0 rings (SSSR count). The van der Waals surface area contributed by atoms with Crippen LogP contribution < -0.4 is 11.5 Å². The van der Waals surface area contributed by atoms with Gasteiger partial charge in [0.15, 0.2) is 0 Å². The monoisotopic (exact) mass is 214 g/mol. The molecular weight excluding hydrogens is 184 g/mol. The second-order valence-corrected chi connectivity index (χ2v) is 5.35. The maximum atomic E-state index is 6.19. The van der Waals surface area contributed by atoms with E-state index in [9.17, 15) is 0 Å². The molecule has 0 saturated carbocycles. The Morgan fingerprint density at radius 3 is 2.07 bits per heavy atom. The Bertz CT molecular complexity index is 149. The minimum absolute atomic E-state index is 0.137. The fourth-order valence-electron chi connectivity index (χ4n) is 2.21. The highest BCUT2D eigenvalue weighted by atomic mass is 14.8. The van der Waals surface area contributed by atoms with E-state index in [0.717, 1.165) is 6.42 Å². The van der Waals surface area contributed by atoms with Gasteiger partial charge < -0.3 is 11.5 Å². The van der Waals surface area contributed by atoms with Crippen molar-refractivity contribution in [1.29, 1.82) is 0 Å². The third kappa shape index (κ3) is 6.16. The van der Waals surface area contributed by atoms with E-state index < -0.39 is 0 Å². The lowest BCUT2D eigenvalue weighted by atomic mass is 9.78. The maximum Gasteiger partial charge on any atom is 0.0140 e. The van der Waals surface area contributed by atoms with Crippen LogP contribution in [0.15, 0.2) is 0 Å². The molecule has 2 heteroatoms. The Balaban J connectivity index is 4.03. The van der Waals surface area contributed by atoms with Gasteiger partial charge in [-0.2, -0.15) is 0 Å². The van der Waals surface area contributed by atoms with Gasteiger partial charge >= 0.3 is 0 Å². The summed E-state index contributed by atoms with van der Waals surface area (Å²) in [6.07, 6.45) is 7.42. The summed E-state index contributed by atoms with van der Waals surface area (Å²) in [5, 5.41) is 0. The summed E-state index contributed by atoms with van der Waals surface area (Å²) in [6.45, 7) is 8.59. The molecule has 0 fully saturated rings. The van der Waals surface area contributed by atoms with Crippen molar-refractivity contribution < 1.29 is 0 Å². The Kier molecular flexibility index (Phi) is 7.20. The van der Waals surface area contributed by atoms with Gasteiger partial charge in [0.1, 0.15) is 0 Å². The van der Waals surface area contributed by atoms with E-state index in [4.69, 9.17) is 11.5 Å². The van der Waals surface area contributed by atoms with E-state index in [1.165, 1.54) is 32.1 Å². The van der Waals surface area contributed by atoms with Gasteiger partial charge in [0.2, 0.25) is 0 Å². The smallest absolute Gasteiger partial charge is 0.0140 e. The molecular formula is C13H30N2. The van der Waals surface area contributed by atoms with Crippen LogP contribution in [0.25, 0.3) is 0 Å². The van der Waals surface area contributed by atoms with Crippen LogP contribution in [0.5, 0.6) is 0 Å². The largest absolute Gasteiger partial charge is 0.327 e. The van der Waals surface area contributed by atoms with Crippen LogP contribution >= 0.6 is 0 Å². The zero-order valence-electron chi connectivity index (χ0n) is 11.1. The van der Waals surface area contributed by atoms with Crippen molar-refractivity contribution in [2.24, 2.45) is 17.4 Å². The van der Waals surface area contributed by atoms with E-state index in [2.05, 4.69) is 27.7 Å². The first-order chi connectivity index (χ1) is 6.93. The van der Waals surface area contributed by atoms with E-state index in [-0.39, 0.29) is 11.6 Å². The predicted molar refractivity (Wildman–Crippen MR) is 68.8 cm³/mol. The first-order valence-electron chi connectivity index (χ1n) is 6.47. The van der Waals surface area contributed by atoms with Crippen LogP contribution in [-0.2, 0) is 0 Å². The van der Waals surface area contributed by atoms with Crippen LogP contribution in [-0.4, -0.2) is 11.6 Å². The van der Waals surface area contributed by atoms with Crippen LogP contribution in [0.2, 0.25) is 0 Å². The molecule has 92 valence electrons. The Morgan fingerprint density at radius 1 is 1.07 bits per heavy atom.